The van der Waals surface area contributed by atoms with Gasteiger partial charge in [-0.1, -0.05) is 0 Å². The van der Waals surface area contributed by atoms with Gasteiger partial charge in [0.15, 0.2) is 0 Å². The molecule has 1 saturated heterocycles. The minimum atomic E-state index is -0.717. The maximum Gasteiger partial charge on any atom is 0.308 e. The molecule has 7 nitrogen and oxygen atoms in total. The van der Waals surface area contributed by atoms with Crippen LogP contribution in [0.1, 0.15) is 37.3 Å². The van der Waals surface area contributed by atoms with E-state index in [2.05, 4.69) is 26.0 Å². The molecule has 1 aliphatic heterocycles. The lowest BCUT2D eigenvalue weighted by Gasteiger charge is -2.32. The van der Waals surface area contributed by atoms with Gasteiger partial charge in [-0.25, -0.2) is 4.98 Å². The summed E-state index contributed by atoms with van der Waals surface area (Å²) in [6.45, 7) is 1.38. The van der Waals surface area contributed by atoms with E-state index in [1.807, 2.05) is 0 Å². The predicted octanol–water partition coefficient (Wildman–Crippen LogP) is 1.30. The second-order valence-corrected chi connectivity index (χ2v) is 5.91. The summed E-state index contributed by atoms with van der Waals surface area (Å²) in [5, 5.41) is 13.5. The van der Waals surface area contributed by atoms with E-state index in [-0.39, 0.29) is 5.92 Å². The zero-order valence-electron chi connectivity index (χ0n) is 11.6. The van der Waals surface area contributed by atoms with Gasteiger partial charge in [-0.15, -0.1) is 0 Å². The molecule has 110 valence electrons. The van der Waals surface area contributed by atoms with Crippen LogP contribution in [0.3, 0.4) is 0 Å². The Kier molecular flexibility index (Phi) is 2.80. The van der Waals surface area contributed by atoms with Gasteiger partial charge in [0.25, 0.3) is 5.78 Å². The monoisotopic (exact) mass is 287 g/mol. The van der Waals surface area contributed by atoms with Crippen molar-refractivity contribution in [3.05, 3.63) is 18.1 Å². The molecular formula is C14H17N5O2. The van der Waals surface area contributed by atoms with Crippen LogP contribution in [0.25, 0.3) is 5.78 Å². The highest BCUT2D eigenvalue weighted by atomic mass is 16.4. The van der Waals surface area contributed by atoms with E-state index in [1.165, 1.54) is 19.2 Å². The average Bonchev–Trinajstić information content (AvgIpc) is 3.24. The van der Waals surface area contributed by atoms with Crippen molar-refractivity contribution in [2.75, 3.05) is 18.0 Å². The number of hydrogen-bond donors (Lipinski definition) is 1. The Bertz CT molecular complexity index is 694. The van der Waals surface area contributed by atoms with Gasteiger partial charge in [-0.2, -0.15) is 14.6 Å². The van der Waals surface area contributed by atoms with Gasteiger partial charge in [-0.05, 0) is 25.7 Å². The number of carbonyl (C=O) groups is 1. The van der Waals surface area contributed by atoms with Gasteiger partial charge < -0.3 is 10.0 Å². The summed E-state index contributed by atoms with van der Waals surface area (Å²) in [5.41, 5.74) is 1.06. The molecule has 0 aromatic carbocycles. The van der Waals surface area contributed by atoms with E-state index in [9.17, 15) is 9.90 Å². The molecule has 2 aliphatic rings. The van der Waals surface area contributed by atoms with Crippen LogP contribution in [0.4, 0.5) is 5.82 Å². The summed E-state index contributed by atoms with van der Waals surface area (Å²) in [7, 11) is 0. The van der Waals surface area contributed by atoms with Crippen molar-refractivity contribution in [2.45, 2.75) is 31.6 Å². The van der Waals surface area contributed by atoms with Gasteiger partial charge in [0.1, 0.15) is 12.1 Å². The first-order valence-corrected chi connectivity index (χ1v) is 7.41. The third-order valence-electron chi connectivity index (χ3n) is 4.34. The number of anilines is 1. The standard InChI is InChI=1S/C14H17N5O2/c20-13(21)10-2-1-5-18(7-10)12-6-11(9-3-4-9)17-14-15-8-16-19(12)14/h6,8-10H,1-5,7H2,(H,20,21). The Labute approximate surface area is 121 Å². The highest BCUT2D eigenvalue weighted by Gasteiger charge is 2.30. The first-order chi connectivity index (χ1) is 10.2. The molecule has 0 spiro atoms. The van der Waals surface area contributed by atoms with E-state index in [0.717, 1.165) is 30.9 Å². The Morgan fingerprint density at radius 3 is 2.95 bits per heavy atom. The molecule has 7 heteroatoms. The molecule has 1 aliphatic carbocycles. The molecule has 0 amide bonds. The summed E-state index contributed by atoms with van der Waals surface area (Å²) < 4.78 is 1.72. The van der Waals surface area contributed by atoms with Crippen molar-refractivity contribution in [1.82, 2.24) is 19.6 Å². The normalized spacial score (nSPS) is 22.7. The van der Waals surface area contributed by atoms with Crippen molar-refractivity contribution in [3.63, 3.8) is 0 Å². The van der Waals surface area contributed by atoms with Crippen LogP contribution < -0.4 is 4.90 Å². The molecule has 2 aromatic heterocycles. The quantitative estimate of drug-likeness (QED) is 0.916. The number of nitrogens with zero attached hydrogens (tertiary/aromatic N) is 5. The molecule has 4 rings (SSSR count). The van der Waals surface area contributed by atoms with Gasteiger partial charge in [0.05, 0.1) is 11.6 Å². The van der Waals surface area contributed by atoms with Crippen LogP contribution >= 0.6 is 0 Å². The van der Waals surface area contributed by atoms with Crippen LogP contribution in [-0.4, -0.2) is 43.7 Å². The minimum absolute atomic E-state index is 0.310. The van der Waals surface area contributed by atoms with E-state index in [1.54, 1.807) is 4.52 Å². The maximum absolute atomic E-state index is 11.3. The number of rotatable bonds is 3. The smallest absolute Gasteiger partial charge is 0.308 e. The lowest BCUT2D eigenvalue weighted by Crippen LogP contribution is -2.39. The molecule has 1 N–H and O–H groups in total. The highest BCUT2D eigenvalue weighted by Crippen LogP contribution is 2.40. The third-order valence-corrected chi connectivity index (χ3v) is 4.34. The summed E-state index contributed by atoms with van der Waals surface area (Å²) in [6, 6.07) is 2.06. The number of carboxylic acids is 1. The molecule has 3 heterocycles. The average molecular weight is 287 g/mol. The highest BCUT2D eigenvalue weighted by molar-refractivity contribution is 5.71. The van der Waals surface area contributed by atoms with Gasteiger partial charge in [-0.3, -0.25) is 4.79 Å². The SMILES string of the molecule is O=C(O)C1CCCN(c2cc(C3CC3)nc3ncnn23)C1. The number of fused-ring (bicyclic) bond motifs is 1. The van der Waals surface area contributed by atoms with Gasteiger partial charge in [0.2, 0.25) is 0 Å². The Balaban J connectivity index is 1.74. The zero-order chi connectivity index (χ0) is 14.4. The van der Waals surface area contributed by atoms with Crippen LogP contribution in [0.5, 0.6) is 0 Å². The third kappa shape index (κ3) is 2.22. The zero-order valence-corrected chi connectivity index (χ0v) is 11.6. The molecule has 21 heavy (non-hydrogen) atoms. The molecular weight excluding hydrogens is 270 g/mol. The number of aliphatic carboxylic acids is 1. The predicted molar refractivity (Wildman–Crippen MR) is 75.3 cm³/mol. The van der Waals surface area contributed by atoms with Gasteiger partial charge >= 0.3 is 5.97 Å². The van der Waals surface area contributed by atoms with Crippen molar-refractivity contribution >= 4 is 17.6 Å². The molecule has 1 atom stereocenters. The fourth-order valence-corrected chi connectivity index (χ4v) is 3.01. The van der Waals surface area contributed by atoms with Crippen molar-refractivity contribution in [1.29, 1.82) is 0 Å². The summed E-state index contributed by atoms with van der Waals surface area (Å²) in [6.07, 6.45) is 5.48. The van der Waals surface area contributed by atoms with Gasteiger partial charge in [0, 0.05) is 25.1 Å². The fraction of sp³-hybridized carbons (Fsp3) is 0.571. The number of hydrogen-bond acceptors (Lipinski definition) is 5. The summed E-state index contributed by atoms with van der Waals surface area (Å²) in [5.74, 6) is 1.03. The minimum Gasteiger partial charge on any atom is -0.481 e. The molecule has 2 aromatic rings. The van der Waals surface area contributed by atoms with Crippen molar-refractivity contribution in [3.8, 4) is 0 Å². The van der Waals surface area contributed by atoms with E-state index >= 15 is 0 Å². The fourth-order valence-electron chi connectivity index (χ4n) is 3.01. The first-order valence-electron chi connectivity index (χ1n) is 7.41. The Morgan fingerprint density at radius 1 is 1.33 bits per heavy atom. The number of aromatic nitrogens is 4. The number of piperidine rings is 1. The molecule has 1 saturated carbocycles. The lowest BCUT2D eigenvalue weighted by atomic mass is 9.98. The largest absolute Gasteiger partial charge is 0.481 e. The van der Waals surface area contributed by atoms with E-state index in [4.69, 9.17) is 0 Å². The molecule has 0 bridgehead atoms. The number of carboxylic acid groups (broad SMARTS) is 1. The van der Waals surface area contributed by atoms with Crippen LogP contribution in [0.15, 0.2) is 12.4 Å². The summed E-state index contributed by atoms with van der Waals surface area (Å²) >= 11 is 0. The second kappa shape index (κ2) is 4.68. The Hall–Kier alpha value is -2.18. The van der Waals surface area contributed by atoms with E-state index < -0.39 is 5.97 Å². The van der Waals surface area contributed by atoms with Crippen molar-refractivity contribution < 1.29 is 9.90 Å². The topological polar surface area (TPSA) is 83.6 Å². The summed E-state index contributed by atoms with van der Waals surface area (Å²) in [4.78, 5) is 22.1. The molecule has 2 fully saturated rings. The van der Waals surface area contributed by atoms with Crippen LogP contribution in [0.2, 0.25) is 0 Å². The lowest BCUT2D eigenvalue weighted by molar-refractivity contribution is -0.141. The molecule has 0 radical (unpaired) electrons. The first kappa shape index (κ1) is 12.6. The molecule has 1 unspecified atom stereocenters. The van der Waals surface area contributed by atoms with Crippen molar-refractivity contribution in [2.24, 2.45) is 5.92 Å². The van der Waals surface area contributed by atoms with E-state index in [0.29, 0.717) is 18.2 Å². The van der Waals surface area contributed by atoms with Crippen LogP contribution in [-0.2, 0) is 4.79 Å². The Morgan fingerprint density at radius 2 is 2.19 bits per heavy atom. The maximum atomic E-state index is 11.3. The van der Waals surface area contributed by atoms with Crippen LogP contribution in [0, 0.1) is 5.92 Å². The second-order valence-electron chi connectivity index (χ2n) is 5.91.